The molecule has 3 atom stereocenters. The molecule has 0 N–H and O–H groups in total. The summed E-state index contributed by atoms with van der Waals surface area (Å²) in [6.07, 6.45) is 3.45. The van der Waals surface area contributed by atoms with E-state index in [0.29, 0.717) is 18.1 Å². The molecule has 5 heteroatoms. The third-order valence-electron chi connectivity index (χ3n) is 5.36. The summed E-state index contributed by atoms with van der Waals surface area (Å²) in [7, 11) is 2.22. The fourth-order valence-electron chi connectivity index (χ4n) is 4.53. The average molecular weight is 329 g/mol. The van der Waals surface area contributed by atoms with E-state index in [4.69, 9.17) is 9.72 Å². The number of pyridine rings is 1. The lowest BCUT2D eigenvalue weighted by Gasteiger charge is -2.57. The first kappa shape index (κ1) is 15.2. The zero-order chi connectivity index (χ0) is 16.0. The summed E-state index contributed by atoms with van der Waals surface area (Å²) in [6.45, 7) is 6.48. The van der Waals surface area contributed by atoms with E-state index in [1.165, 1.54) is 6.42 Å². The van der Waals surface area contributed by atoms with Crippen molar-refractivity contribution in [3.05, 3.63) is 35.5 Å². The summed E-state index contributed by atoms with van der Waals surface area (Å²) in [5.41, 5.74) is 2.33. The molecule has 2 fully saturated rings. The molecule has 0 amide bonds. The number of ether oxygens (including phenoxy) is 1. The molecule has 3 unspecified atom stereocenters. The van der Waals surface area contributed by atoms with E-state index in [2.05, 4.69) is 36.2 Å². The van der Waals surface area contributed by atoms with E-state index in [1.54, 1.807) is 11.3 Å². The van der Waals surface area contributed by atoms with Crippen molar-refractivity contribution in [2.75, 3.05) is 13.7 Å². The van der Waals surface area contributed by atoms with Crippen LogP contribution in [0.2, 0.25) is 0 Å². The molecule has 0 bridgehead atoms. The number of nitrogens with zero attached hydrogens (tertiary/aromatic N) is 3. The first-order chi connectivity index (χ1) is 11.1. The van der Waals surface area contributed by atoms with Gasteiger partial charge in [-0.05, 0) is 25.6 Å². The summed E-state index contributed by atoms with van der Waals surface area (Å²) in [6, 6.07) is 6.54. The van der Waals surface area contributed by atoms with Gasteiger partial charge in [-0.3, -0.25) is 9.88 Å². The van der Waals surface area contributed by atoms with Crippen LogP contribution in [0.15, 0.2) is 29.8 Å². The van der Waals surface area contributed by atoms with Crippen molar-refractivity contribution >= 4 is 11.3 Å². The number of hydrogen-bond donors (Lipinski definition) is 0. The topological polar surface area (TPSA) is 38.2 Å². The van der Waals surface area contributed by atoms with Crippen LogP contribution in [-0.4, -0.2) is 40.7 Å². The first-order valence-electron chi connectivity index (χ1n) is 8.25. The third-order valence-corrected chi connectivity index (χ3v) is 6.27. The molecule has 2 aliphatic rings. The van der Waals surface area contributed by atoms with Crippen LogP contribution in [0.4, 0.5) is 0 Å². The first-order valence-corrected chi connectivity index (χ1v) is 9.13. The molecule has 1 aliphatic carbocycles. The van der Waals surface area contributed by atoms with Crippen LogP contribution in [0, 0.1) is 11.3 Å². The highest BCUT2D eigenvalue weighted by Gasteiger charge is 2.60. The van der Waals surface area contributed by atoms with Gasteiger partial charge < -0.3 is 4.74 Å². The predicted octanol–water partition coefficient (Wildman–Crippen LogP) is 3.45. The maximum absolute atomic E-state index is 5.91. The SMILES string of the molecule is CN(Cc1csc(-c2ccccn2)n1)C1C2CCOC2C1(C)C. The third kappa shape index (κ3) is 2.51. The van der Waals surface area contributed by atoms with Gasteiger partial charge in [0.25, 0.3) is 0 Å². The summed E-state index contributed by atoms with van der Waals surface area (Å²) >= 11 is 1.68. The molecule has 1 saturated carbocycles. The molecule has 23 heavy (non-hydrogen) atoms. The predicted molar refractivity (Wildman–Crippen MR) is 92.2 cm³/mol. The van der Waals surface area contributed by atoms with Gasteiger partial charge in [0.15, 0.2) is 0 Å². The van der Waals surface area contributed by atoms with Crippen LogP contribution in [0.3, 0.4) is 0 Å². The lowest BCUT2D eigenvalue weighted by molar-refractivity contribution is -0.151. The van der Waals surface area contributed by atoms with E-state index in [1.807, 2.05) is 24.4 Å². The molecule has 2 aromatic rings. The Kier molecular flexibility index (Phi) is 3.75. The minimum Gasteiger partial charge on any atom is -0.377 e. The molecule has 2 aromatic heterocycles. The molecule has 122 valence electrons. The lowest BCUT2D eigenvalue weighted by atomic mass is 9.57. The van der Waals surface area contributed by atoms with E-state index >= 15 is 0 Å². The molecule has 0 aromatic carbocycles. The van der Waals surface area contributed by atoms with Crippen molar-refractivity contribution < 1.29 is 4.74 Å². The summed E-state index contributed by atoms with van der Waals surface area (Å²) in [5.74, 6) is 0.684. The molecular formula is C18H23N3OS. The van der Waals surface area contributed by atoms with Gasteiger partial charge in [-0.2, -0.15) is 0 Å². The van der Waals surface area contributed by atoms with Crippen LogP contribution >= 0.6 is 11.3 Å². The Morgan fingerprint density at radius 1 is 1.39 bits per heavy atom. The van der Waals surface area contributed by atoms with Gasteiger partial charge in [-0.1, -0.05) is 19.9 Å². The van der Waals surface area contributed by atoms with Gasteiger partial charge >= 0.3 is 0 Å². The number of aromatic nitrogens is 2. The van der Waals surface area contributed by atoms with E-state index < -0.39 is 0 Å². The van der Waals surface area contributed by atoms with E-state index in [0.717, 1.165) is 29.5 Å². The molecule has 0 spiro atoms. The van der Waals surface area contributed by atoms with E-state index in [-0.39, 0.29) is 5.41 Å². The van der Waals surface area contributed by atoms with Crippen LogP contribution in [0.1, 0.15) is 26.0 Å². The molecule has 1 saturated heterocycles. The van der Waals surface area contributed by atoms with Gasteiger partial charge in [-0.25, -0.2) is 4.98 Å². The number of fused-ring (bicyclic) bond motifs is 1. The monoisotopic (exact) mass is 329 g/mol. The maximum atomic E-state index is 5.91. The number of thiazole rings is 1. The summed E-state index contributed by atoms with van der Waals surface area (Å²) in [5, 5.41) is 3.17. The Bertz CT molecular complexity index is 685. The Hall–Kier alpha value is -1.30. The van der Waals surface area contributed by atoms with Crippen molar-refractivity contribution in [3.63, 3.8) is 0 Å². The van der Waals surface area contributed by atoms with Gasteiger partial charge in [0.1, 0.15) is 5.01 Å². The zero-order valence-corrected chi connectivity index (χ0v) is 14.7. The van der Waals surface area contributed by atoms with Gasteiger partial charge in [0.2, 0.25) is 0 Å². The van der Waals surface area contributed by atoms with Crippen molar-refractivity contribution in [1.29, 1.82) is 0 Å². The Morgan fingerprint density at radius 3 is 3.04 bits per heavy atom. The Balaban J connectivity index is 1.47. The molecule has 0 radical (unpaired) electrons. The second-order valence-corrected chi connectivity index (χ2v) is 8.14. The normalized spacial score (nSPS) is 28.6. The fraction of sp³-hybridized carbons (Fsp3) is 0.556. The van der Waals surface area contributed by atoms with Crippen LogP contribution in [0.25, 0.3) is 10.7 Å². The Labute approximate surface area is 141 Å². The minimum absolute atomic E-state index is 0.232. The summed E-state index contributed by atoms with van der Waals surface area (Å²) < 4.78 is 5.91. The van der Waals surface area contributed by atoms with Crippen molar-refractivity contribution in [3.8, 4) is 10.7 Å². The van der Waals surface area contributed by atoms with Crippen molar-refractivity contribution in [2.45, 2.75) is 39.0 Å². The fourth-order valence-corrected chi connectivity index (χ4v) is 5.32. The highest BCUT2D eigenvalue weighted by molar-refractivity contribution is 7.13. The standard InChI is InChI=1S/C18H23N3OS/c1-18(2)15(13-7-9-22-16(13)18)21(3)10-12-11-23-17(20-12)14-6-4-5-8-19-14/h4-6,8,11,13,15-16H,7,9-10H2,1-3H3. The summed E-state index contributed by atoms with van der Waals surface area (Å²) in [4.78, 5) is 11.6. The zero-order valence-electron chi connectivity index (χ0n) is 13.9. The van der Waals surface area contributed by atoms with Gasteiger partial charge in [0.05, 0.1) is 17.5 Å². The molecule has 3 heterocycles. The number of hydrogen-bond acceptors (Lipinski definition) is 5. The number of rotatable bonds is 4. The van der Waals surface area contributed by atoms with Crippen LogP contribution in [0.5, 0.6) is 0 Å². The van der Waals surface area contributed by atoms with Crippen LogP contribution in [-0.2, 0) is 11.3 Å². The average Bonchev–Trinajstić information content (AvgIpc) is 3.16. The molecular weight excluding hydrogens is 306 g/mol. The smallest absolute Gasteiger partial charge is 0.142 e. The molecule has 4 rings (SSSR count). The lowest BCUT2D eigenvalue weighted by Crippen LogP contribution is -2.65. The minimum atomic E-state index is 0.232. The second kappa shape index (κ2) is 5.65. The molecule has 4 nitrogen and oxygen atoms in total. The van der Waals surface area contributed by atoms with Crippen LogP contribution < -0.4 is 0 Å². The highest BCUT2D eigenvalue weighted by Crippen LogP contribution is 2.54. The molecule has 1 aliphatic heterocycles. The van der Waals surface area contributed by atoms with Gasteiger partial charge in [0, 0.05) is 42.1 Å². The largest absolute Gasteiger partial charge is 0.377 e. The van der Waals surface area contributed by atoms with Gasteiger partial charge in [-0.15, -0.1) is 11.3 Å². The maximum Gasteiger partial charge on any atom is 0.142 e. The Morgan fingerprint density at radius 2 is 2.26 bits per heavy atom. The highest BCUT2D eigenvalue weighted by atomic mass is 32.1. The van der Waals surface area contributed by atoms with E-state index in [9.17, 15) is 0 Å². The second-order valence-electron chi connectivity index (χ2n) is 7.28. The van der Waals surface area contributed by atoms with Crippen molar-refractivity contribution in [1.82, 2.24) is 14.9 Å². The van der Waals surface area contributed by atoms with Crippen molar-refractivity contribution in [2.24, 2.45) is 11.3 Å². The quantitative estimate of drug-likeness (QED) is 0.861.